The van der Waals surface area contributed by atoms with E-state index in [0.717, 1.165) is 13.1 Å². The molecule has 25 heavy (non-hydrogen) atoms. The Kier molecular flexibility index (Phi) is 6.36. The van der Waals surface area contributed by atoms with Gasteiger partial charge in [0.15, 0.2) is 0 Å². The molecule has 1 aliphatic heterocycles. The average Bonchev–Trinajstić information content (AvgIpc) is 2.54. The third-order valence-electron chi connectivity index (χ3n) is 3.81. The molecular formula is C18H26FN3O3. The summed E-state index contributed by atoms with van der Waals surface area (Å²) in [5.74, 6) is -0.417. The van der Waals surface area contributed by atoms with Gasteiger partial charge in [0.25, 0.3) is 0 Å². The van der Waals surface area contributed by atoms with Gasteiger partial charge in [0.2, 0.25) is 5.91 Å². The lowest BCUT2D eigenvalue weighted by Crippen LogP contribution is -2.47. The standard InChI is InChI=1S/C18H26FN3O3/c1-18(2,3)25-17(24)21-15(13-4-6-14(19)7-5-13)12-16(23)22-10-8-20-9-11-22/h4-7,15,20H,8-12H2,1-3H3,(H,21,24)/t15-/m1/s1. The second-order valence-electron chi connectivity index (χ2n) is 7.09. The molecule has 6 nitrogen and oxygen atoms in total. The van der Waals surface area contributed by atoms with Crippen molar-refractivity contribution in [3.8, 4) is 0 Å². The highest BCUT2D eigenvalue weighted by Crippen LogP contribution is 2.20. The van der Waals surface area contributed by atoms with Crippen LogP contribution in [0.1, 0.15) is 38.8 Å². The van der Waals surface area contributed by atoms with Gasteiger partial charge in [-0.1, -0.05) is 12.1 Å². The summed E-state index contributed by atoms with van der Waals surface area (Å²) < 4.78 is 18.5. The van der Waals surface area contributed by atoms with Gasteiger partial charge in [-0.05, 0) is 38.5 Å². The van der Waals surface area contributed by atoms with Crippen molar-refractivity contribution < 1.29 is 18.7 Å². The van der Waals surface area contributed by atoms with E-state index in [1.54, 1.807) is 37.8 Å². The lowest BCUT2D eigenvalue weighted by Gasteiger charge is -2.30. The average molecular weight is 351 g/mol. The highest BCUT2D eigenvalue weighted by Gasteiger charge is 2.25. The third-order valence-corrected chi connectivity index (χ3v) is 3.81. The topological polar surface area (TPSA) is 70.7 Å². The lowest BCUT2D eigenvalue weighted by atomic mass is 10.0. The molecule has 0 aliphatic carbocycles. The zero-order valence-electron chi connectivity index (χ0n) is 15.0. The van der Waals surface area contributed by atoms with Crippen LogP contribution >= 0.6 is 0 Å². The van der Waals surface area contributed by atoms with Crippen molar-refractivity contribution in [3.05, 3.63) is 35.6 Å². The van der Waals surface area contributed by atoms with E-state index in [4.69, 9.17) is 4.74 Å². The van der Waals surface area contributed by atoms with Crippen molar-refractivity contribution in [1.29, 1.82) is 0 Å². The minimum Gasteiger partial charge on any atom is -0.444 e. The normalized spacial score (nSPS) is 16.2. The van der Waals surface area contributed by atoms with Crippen LogP contribution in [-0.4, -0.2) is 48.7 Å². The predicted molar refractivity (Wildman–Crippen MR) is 92.6 cm³/mol. The maximum atomic E-state index is 13.2. The Morgan fingerprint density at radius 1 is 1.24 bits per heavy atom. The number of halogens is 1. The predicted octanol–water partition coefficient (Wildman–Crippen LogP) is 2.21. The number of alkyl carbamates (subject to hydrolysis) is 1. The van der Waals surface area contributed by atoms with Crippen LogP contribution in [-0.2, 0) is 9.53 Å². The summed E-state index contributed by atoms with van der Waals surface area (Å²) in [5.41, 5.74) is 0.0238. The Bertz CT molecular complexity index is 593. The molecule has 138 valence electrons. The minimum absolute atomic E-state index is 0.0492. The highest BCUT2D eigenvalue weighted by molar-refractivity contribution is 5.78. The number of nitrogens with one attached hydrogen (secondary N) is 2. The van der Waals surface area contributed by atoms with E-state index < -0.39 is 17.7 Å². The van der Waals surface area contributed by atoms with Crippen molar-refractivity contribution >= 4 is 12.0 Å². The Balaban J connectivity index is 2.09. The van der Waals surface area contributed by atoms with E-state index in [1.165, 1.54) is 12.1 Å². The summed E-state index contributed by atoms with van der Waals surface area (Å²) in [4.78, 5) is 26.4. The fraction of sp³-hybridized carbons (Fsp3) is 0.556. The summed E-state index contributed by atoms with van der Waals surface area (Å²) >= 11 is 0. The maximum Gasteiger partial charge on any atom is 0.408 e. The monoisotopic (exact) mass is 351 g/mol. The van der Waals surface area contributed by atoms with Gasteiger partial charge in [-0.3, -0.25) is 4.79 Å². The first kappa shape index (κ1) is 19.2. The summed E-state index contributed by atoms with van der Waals surface area (Å²) in [6, 6.07) is 5.20. The number of piperazine rings is 1. The molecule has 1 aromatic carbocycles. The number of carbonyl (C=O) groups is 2. The number of rotatable bonds is 4. The molecule has 0 radical (unpaired) electrons. The third kappa shape index (κ3) is 6.34. The Morgan fingerprint density at radius 3 is 2.40 bits per heavy atom. The molecule has 0 spiro atoms. The van der Waals surface area contributed by atoms with Crippen molar-refractivity contribution in [1.82, 2.24) is 15.5 Å². The van der Waals surface area contributed by atoms with Gasteiger partial charge in [0.1, 0.15) is 11.4 Å². The highest BCUT2D eigenvalue weighted by atomic mass is 19.1. The molecule has 1 atom stereocenters. The van der Waals surface area contributed by atoms with Gasteiger partial charge in [-0.2, -0.15) is 0 Å². The Morgan fingerprint density at radius 2 is 1.84 bits per heavy atom. The first-order valence-corrected chi connectivity index (χ1v) is 8.48. The Labute approximate surface area is 147 Å². The van der Waals surface area contributed by atoms with E-state index >= 15 is 0 Å². The Hall–Kier alpha value is -2.15. The van der Waals surface area contributed by atoms with Crippen LogP contribution in [0.4, 0.5) is 9.18 Å². The number of carbonyl (C=O) groups excluding carboxylic acids is 2. The number of amides is 2. The van der Waals surface area contributed by atoms with Gasteiger partial charge < -0.3 is 20.3 Å². The maximum absolute atomic E-state index is 13.2. The lowest BCUT2D eigenvalue weighted by molar-refractivity contribution is -0.132. The summed E-state index contributed by atoms with van der Waals surface area (Å²) in [6.45, 7) is 8.10. The number of hydrogen-bond donors (Lipinski definition) is 2. The minimum atomic E-state index is -0.639. The number of hydrogen-bond acceptors (Lipinski definition) is 4. The van der Waals surface area contributed by atoms with E-state index in [0.29, 0.717) is 18.7 Å². The molecule has 1 aliphatic rings. The second kappa shape index (κ2) is 8.29. The summed E-state index contributed by atoms with van der Waals surface area (Å²) in [7, 11) is 0. The van der Waals surface area contributed by atoms with Crippen molar-refractivity contribution in [2.75, 3.05) is 26.2 Å². The molecule has 0 saturated carbocycles. The molecule has 0 aromatic heterocycles. The second-order valence-corrected chi connectivity index (χ2v) is 7.09. The van der Waals surface area contributed by atoms with Crippen LogP contribution in [0.15, 0.2) is 24.3 Å². The molecule has 0 bridgehead atoms. The van der Waals surface area contributed by atoms with Crippen molar-refractivity contribution in [2.45, 2.75) is 38.8 Å². The van der Waals surface area contributed by atoms with E-state index in [9.17, 15) is 14.0 Å². The van der Waals surface area contributed by atoms with E-state index in [1.807, 2.05) is 0 Å². The molecule has 2 N–H and O–H groups in total. The van der Waals surface area contributed by atoms with Gasteiger partial charge in [-0.25, -0.2) is 9.18 Å². The molecule has 2 rings (SSSR count). The van der Waals surface area contributed by atoms with E-state index in [2.05, 4.69) is 10.6 Å². The zero-order chi connectivity index (χ0) is 18.4. The van der Waals surface area contributed by atoms with Crippen LogP contribution < -0.4 is 10.6 Å². The van der Waals surface area contributed by atoms with Gasteiger partial charge >= 0.3 is 6.09 Å². The van der Waals surface area contributed by atoms with E-state index in [-0.39, 0.29) is 18.1 Å². The molecule has 1 heterocycles. The molecule has 1 saturated heterocycles. The first-order valence-electron chi connectivity index (χ1n) is 8.48. The molecule has 0 unspecified atom stereocenters. The number of nitrogens with zero attached hydrogens (tertiary/aromatic N) is 1. The fourth-order valence-corrected chi connectivity index (χ4v) is 2.62. The molecule has 2 amide bonds. The van der Waals surface area contributed by atoms with Crippen LogP contribution in [0.2, 0.25) is 0 Å². The van der Waals surface area contributed by atoms with Crippen LogP contribution in [0.5, 0.6) is 0 Å². The number of ether oxygens (including phenoxy) is 1. The van der Waals surface area contributed by atoms with Gasteiger partial charge in [-0.15, -0.1) is 0 Å². The molecule has 1 fully saturated rings. The largest absolute Gasteiger partial charge is 0.444 e. The quantitative estimate of drug-likeness (QED) is 0.873. The number of benzene rings is 1. The molecule has 7 heteroatoms. The zero-order valence-corrected chi connectivity index (χ0v) is 15.0. The molecular weight excluding hydrogens is 325 g/mol. The van der Waals surface area contributed by atoms with Crippen LogP contribution in [0, 0.1) is 5.82 Å². The smallest absolute Gasteiger partial charge is 0.408 e. The van der Waals surface area contributed by atoms with Gasteiger partial charge in [0, 0.05) is 26.2 Å². The fourth-order valence-electron chi connectivity index (χ4n) is 2.62. The van der Waals surface area contributed by atoms with Crippen LogP contribution in [0.25, 0.3) is 0 Å². The summed E-state index contributed by atoms with van der Waals surface area (Å²) in [6.07, 6.45) is -0.500. The molecule has 1 aromatic rings. The van der Waals surface area contributed by atoms with Crippen molar-refractivity contribution in [2.24, 2.45) is 0 Å². The van der Waals surface area contributed by atoms with Crippen LogP contribution in [0.3, 0.4) is 0 Å². The SMILES string of the molecule is CC(C)(C)OC(=O)N[C@H](CC(=O)N1CCNCC1)c1ccc(F)cc1. The van der Waals surface area contributed by atoms with Crippen molar-refractivity contribution in [3.63, 3.8) is 0 Å². The van der Waals surface area contributed by atoms with Gasteiger partial charge in [0.05, 0.1) is 12.5 Å². The first-order chi connectivity index (χ1) is 11.7. The summed E-state index contributed by atoms with van der Waals surface area (Å²) in [5, 5.41) is 5.93.